The van der Waals surface area contributed by atoms with Gasteiger partial charge in [0.2, 0.25) is 0 Å². The average molecular weight is 285 g/mol. The van der Waals surface area contributed by atoms with Gasteiger partial charge in [-0.1, -0.05) is 20.3 Å². The van der Waals surface area contributed by atoms with Gasteiger partial charge in [-0.15, -0.1) is 0 Å². The molecule has 0 radical (unpaired) electrons. The number of alkyl carbamates (subject to hydrolysis) is 1. The Balaban J connectivity index is 2.54. The second-order valence-corrected chi connectivity index (χ2v) is 7.58. The average Bonchev–Trinajstić information content (AvgIpc) is 3.12. The van der Waals surface area contributed by atoms with Crippen LogP contribution in [0, 0.1) is 17.3 Å². The molecule has 1 atom stereocenters. The van der Waals surface area contributed by atoms with Gasteiger partial charge in [-0.3, -0.25) is 0 Å². The molecule has 1 fully saturated rings. The molecule has 4 nitrogen and oxygen atoms in total. The van der Waals surface area contributed by atoms with E-state index in [-0.39, 0.29) is 18.1 Å². The maximum Gasteiger partial charge on any atom is 0.407 e. The lowest BCUT2D eigenvalue weighted by atomic mass is 9.77. The van der Waals surface area contributed by atoms with Crippen molar-refractivity contribution < 1.29 is 14.6 Å². The standard InChI is InChI=1S/C16H31NO3/c1-12(2)8-9-16(11-18,13-6-7-13)10-17-14(19)20-15(3,4)5/h12-13,18H,6-11H2,1-5H3,(H,17,19). The highest BCUT2D eigenvalue weighted by molar-refractivity contribution is 5.67. The fourth-order valence-electron chi connectivity index (χ4n) is 2.54. The second kappa shape index (κ2) is 6.79. The van der Waals surface area contributed by atoms with Gasteiger partial charge >= 0.3 is 6.09 Å². The van der Waals surface area contributed by atoms with E-state index in [1.165, 1.54) is 0 Å². The second-order valence-electron chi connectivity index (χ2n) is 7.58. The molecule has 0 heterocycles. The minimum Gasteiger partial charge on any atom is -0.444 e. The number of rotatable bonds is 7. The summed E-state index contributed by atoms with van der Waals surface area (Å²) >= 11 is 0. The van der Waals surface area contributed by atoms with E-state index < -0.39 is 5.60 Å². The van der Waals surface area contributed by atoms with Crippen LogP contribution in [-0.4, -0.2) is 30.0 Å². The van der Waals surface area contributed by atoms with Gasteiger partial charge in [0.15, 0.2) is 0 Å². The van der Waals surface area contributed by atoms with Crippen LogP contribution < -0.4 is 5.32 Å². The van der Waals surface area contributed by atoms with Gasteiger partial charge in [-0.05, 0) is 51.9 Å². The summed E-state index contributed by atoms with van der Waals surface area (Å²) in [5.74, 6) is 1.15. The van der Waals surface area contributed by atoms with Crippen LogP contribution in [0.1, 0.15) is 60.3 Å². The van der Waals surface area contributed by atoms with Gasteiger partial charge in [0.1, 0.15) is 5.60 Å². The number of ether oxygens (including phenoxy) is 1. The number of carbonyl (C=O) groups excluding carboxylic acids is 1. The third-order valence-corrected chi connectivity index (χ3v) is 3.96. The Morgan fingerprint density at radius 3 is 2.35 bits per heavy atom. The molecule has 1 aliphatic rings. The van der Waals surface area contributed by atoms with Gasteiger partial charge in [0, 0.05) is 12.0 Å². The molecule has 0 aromatic rings. The molecule has 1 rings (SSSR count). The quantitative estimate of drug-likeness (QED) is 0.754. The summed E-state index contributed by atoms with van der Waals surface area (Å²) in [6.07, 6.45) is 3.97. The monoisotopic (exact) mass is 285 g/mol. The highest BCUT2D eigenvalue weighted by Crippen LogP contribution is 2.48. The molecule has 2 N–H and O–H groups in total. The van der Waals surface area contributed by atoms with E-state index in [1.54, 1.807) is 0 Å². The van der Waals surface area contributed by atoms with Crippen LogP contribution in [0.25, 0.3) is 0 Å². The number of aliphatic hydroxyl groups is 1. The van der Waals surface area contributed by atoms with Crippen LogP contribution in [0.4, 0.5) is 4.79 Å². The van der Waals surface area contributed by atoms with Gasteiger partial charge in [0.25, 0.3) is 0 Å². The molecule has 1 unspecified atom stereocenters. The van der Waals surface area contributed by atoms with Gasteiger partial charge in [0.05, 0.1) is 6.61 Å². The number of amides is 1. The molecule has 118 valence electrons. The molecule has 0 saturated heterocycles. The SMILES string of the molecule is CC(C)CCC(CO)(CNC(=O)OC(C)(C)C)C1CC1. The van der Waals surface area contributed by atoms with Crippen LogP contribution in [0.2, 0.25) is 0 Å². The van der Waals surface area contributed by atoms with Crippen molar-refractivity contribution in [2.75, 3.05) is 13.2 Å². The zero-order valence-corrected chi connectivity index (χ0v) is 13.7. The molecule has 4 heteroatoms. The zero-order valence-electron chi connectivity index (χ0n) is 13.7. The first-order valence-electron chi connectivity index (χ1n) is 7.76. The predicted octanol–water partition coefficient (Wildman–Crippen LogP) is 3.34. The largest absolute Gasteiger partial charge is 0.444 e. The normalized spacial score (nSPS) is 18.8. The van der Waals surface area contributed by atoms with Crippen LogP contribution in [-0.2, 0) is 4.74 Å². The Hall–Kier alpha value is -0.770. The van der Waals surface area contributed by atoms with E-state index in [9.17, 15) is 9.90 Å². The predicted molar refractivity (Wildman–Crippen MR) is 80.6 cm³/mol. The Labute approximate surface area is 123 Å². The number of carbonyl (C=O) groups is 1. The first-order chi connectivity index (χ1) is 9.18. The number of hydrogen-bond donors (Lipinski definition) is 2. The first-order valence-corrected chi connectivity index (χ1v) is 7.76. The number of hydrogen-bond acceptors (Lipinski definition) is 3. The van der Waals surface area contributed by atoms with E-state index in [2.05, 4.69) is 19.2 Å². The van der Waals surface area contributed by atoms with E-state index in [0.29, 0.717) is 18.4 Å². The van der Waals surface area contributed by atoms with Crippen LogP contribution >= 0.6 is 0 Å². The lowest BCUT2D eigenvalue weighted by molar-refractivity contribution is 0.0415. The highest BCUT2D eigenvalue weighted by Gasteiger charge is 2.44. The zero-order chi connectivity index (χ0) is 15.4. The smallest absolute Gasteiger partial charge is 0.407 e. The van der Waals surface area contributed by atoms with E-state index >= 15 is 0 Å². The van der Waals surface area contributed by atoms with Crippen molar-refractivity contribution in [2.45, 2.75) is 65.9 Å². The van der Waals surface area contributed by atoms with Crippen molar-refractivity contribution in [3.63, 3.8) is 0 Å². The Bertz CT molecular complexity index is 318. The van der Waals surface area contributed by atoms with Crippen molar-refractivity contribution in [2.24, 2.45) is 17.3 Å². The summed E-state index contributed by atoms with van der Waals surface area (Å²) < 4.78 is 5.27. The van der Waals surface area contributed by atoms with Gasteiger partial charge < -0.3 is 15.2 Å². The number of nitrogens with one attached hydrogen (secondary N) is 1. The lowest BCUT2D eigenvalue weighted by Gasteiger charge is -2.33. The Morgan fingerprint density at radius 2 is 1.95 bits per heavy atom. The summed E-state index contributed by atoms with van der Waals surface area (Å²) in [7, 11) is 0. The van der Waals surface area contributed by atoms with E-state index in [1.807, 2.05) is 20.8 Å². The molecule has 0 aromatic heterocycles. The molecule has 0 aliphatic heterocycles. The van der Waals surface area contributed by atoms with E-state index in [4.69, 9.17) is 4.74 Å². The third-order valence-electron chi connectivity index (χ3n) is 3.96. The van der Waals surface area contributed by atoms with Crippen LogP contribution in [0.5, 0.6) is 0 Å². The molecule has 1 amide bonds. The van der Waals surface area contributed by atoms with Crippen molar-refractivity contribution in [3.05, 3.63) is 0 Å². The Kier molecular flexibility index (Phi) is 5.87. The van der Waals surface area contributed by atoms with Crippen molar-refractivity contribution >= 4 is 6.09 Å². The fraction of sp³-hybridized carbons (Fsp3) is 0.938. The van der Waals surface area contributed by atoms with Crippen molar-refractivity contribution in [1.82, 2.24) is 5.32 Å². The topological polar surface area (TPSA) is 58.6 Å². The molecular formula is C16H31NO3. The number of aliphatic hydroxyl groups excluding tert-OH is 1. The van der Waals surface area contributed by atoms with Gasteiger partial charge in [-0.25, -0.2) is 4.79 Å². The molecule has 0 spiro atoms. The fourth-order valence-corrected chi connectivity index (χ4v) is 2.54. The summed E-state index contributed by atoms with van der Waals surface area (Å²) in [5.41, 5.74) is -0.648. The maximum atomic E-state index is 11.8. The summed E-state index contributed by atoms with van der Waals surface area (Å²) in [6, 6.07) is 0. The van der Waals surface area contributed by atoms with E-state index in [0.717, 1.165) is 25.7 Å². The van der Waals surface area contributed by atoms with Crippen molar-refractivity contribution in [1.29, 1.82) is 0 Å². The molecule has 1 saturated carbocycles. The third kappa shape index (κ3) is 5.70. The van der Waals surface area contributed by atoms with Crippen LogP contribution in [0.3, 0.4) is 0 Å². The lowest BCUT2D eigenvalue weighted by Crippen LogP contribution is -2.43. The minimum atomic E-state index is -0.483. The molecular weight excluding hydrogens is 254 g/mol. The van der Waals surface area contributed by atoms with Crippen molar-refractivity contribution in [3.8, 4) is 0 Å². The Morgan fingerprint density at radius 1 is 1.35 bits per heavy atom. The summed E-state index contributed by atoms with van der Waals surface area (Å²) in [5, 5.41) is 12.7. The van der Waals surface area contributed by atoms with Gasteiger partial charge in [-0.2, -0.15) is 0 Å². The molecule has 0 bridgehead atoms. The van der Waals surface area contributed by atoms with Crippen LogP contribution in [0.15, 0.2) is 0 Å². The molecule has 0 aromatic carbocycles. The summed E-state index contributed by atoms with van der Waals surface area (Å²) in [4.78, 5) is 11.8. The maximum absolute atomic E-state index is 11.8. The summed E-state index contributed by atoms with van der Waals surface area (Å²) in [6.45, 7) is 10.6. The molecule has 1 aliphatic carbocycles. The molecule has 20 heavy (non-hydrogen) atoms. The minimum absolute atomic E-state index is 0.139. The highest BCUT2D eigenvalue weighted by atomic mass is 16.6. The first kappa shape index (κ1) is 17.3.